The molecule has 2 radical (unpaired) electrons. The van der Waals surface area contributed by atoms with Crippen LogP contribution in [0.5, 0.6) is 0 Å². The predicted molar refractivity (Wildman–Crippen MR) is 159 cm³/mol. The summed E-state index contributed by atoms with van der Waals surface area (Å²) >= 11 is 15.7. The van der Waals surface area contributed by atoms with Gasteiger partial charge in [-0.3, -0.25) is 0 Å². The molecule has 2 unspecified atom stereocenters. The van der Waals surface area contributed by atoms with Crippen molar-refractivity contribution in [3.63, 3.8) is 0 Å². The summed E-state index contributed by atoms with van der Waals surface area (Å²) in [6.45, 7) is 8.77. The van der Waals surface area contributed by atoms with E-state index >= 15 is 0 Å². The van der Waals surface area contributed by atoms with Gasteiger partial charge in [0.25, 0.3) is 0 Å². The number of fused-ring (bicyclic) bond motifs is 2. The molecule has 6 rings (SSSR count). The molecule has 4 heteroatoms. The molecule has 0 saturated heterocycles. The summed E-state index contributed by atoms with van der Waals surface area (Å²) in [6, 6.07) is 34.3. The fourth-order valence-corrected chi connectivity index (χ4v) is 9.47. The molecular weight excluding hydrogens is 555 g/mol. The monoisotopic (exact) mass is 582 g/mol. The summed E-state index contributed by atoms with van der Waals surface area (Å²) in [5, 5.41) is 0. The van der Waals surface area contributed by atoms with Crippen LogP contribution in [0, 0.1) is 13.8 Å². The smallest absolute Gasteiger partial charge is 0.114 e. The van der Waals surface area contributed by atoms with Crippen LogP contribution in [0.3, 0.4) is 0 Å². The molecule has 0 amide bonds. The Morgan fingerprint density at radius 2 is 0.868 bits per heavy atom. The third kappa shape index (κ3) is 3.98. The Morgan fingerprint density at radius 3 is 1.24 bits per heavy atom. The Balaban J connectivity index is 0.00000294. The SMILES string of the molecule is CC1=C(c2ccccc2)c2c(C)cccc2C1(Cl)[Si]C1(Cl)C(C)=C(c2ccccc2)c2c(C)cccc21.[Ti]. The van der Waals surface area contributed by atoms with Crippen LogP contribution in [0.2, 0.25) is 0 Å². The van der Waals surface area contributed by atoms with E-state index < -0.39 is 8.99 Å². The zero-order valence-corrected chi connectivity index (χ0v) is 26.1. The normalized spacial score (nSPS) is 21.8. The molecule has 0 aliphatic heterocycles. The second-order valence-corrected chi connectivity index (χ2v) is 13.7. The Morgan fingerprint density at radius 1 is 0.500 bits per heavy atom. The van der Waals surface area contributed by atoms with Gasteiger partial charge in [-0.15, -0.1) is 23.2 Å². The molecule has 0 nitrogen and oxygen atoms in total. The largest absolute Gasteiger partial charge is 0.118 e. The van der Waals surface area contributed by atoms with Gasteiger partial charge in [-0.2, -0.15) is 0 Å². The van der Waals surface area contributed by atoms with Crippen molar-refractivity contribution in [3.8, 4) is 0 Å². The number of hydrogen-bond acceptors (Lipinski definition) is 0. The van der Waals surface area contributed by atoms with Crippen LogP contribution < -0.4 is 0 Å². The summed E-state index contributed by atoms with van der Waals surface area (Å²) in [5.74, 6) is 0. The average Bonchev–Trinajstić information content (AvgIpc) is 3.26. The second kappa shape index (κ2) is 10.1. The third-order valence-electron chi connectivity index (χ3n) is 8.04. The molecule has 2 aliphatic carbocycles. The Labute approximate surface area is 253 Å². The van der Waals surface area contributed by atoms with E-state index in [1.54, 1.807) is 0 Å². The molecule has 4 aromatic rings. The van der Waals surface area contributed by atoms with Crippen molar-refractivity contribution in [2.24, 2.45) is 0 Å². The quantitative estimate of drug-likeness (QED) is 0.166. The Hall–Kier alpha value is -2.13. The van der Waals surface area contributed by atoms with Gasteiger partial charge in [0.2, 0.25) is 0 Å². The van der Waals surface area contributed by atoms with E-state index in [1.165, 1.54) is 66.8 Å². The summed E-state index contributed by atoms with van der Waals surface area (Å²) < 4.78 is -1.41. The Kier molecular flexibility index (Phi) is 7.31. The van der Waals surface area contributed by atoms with E-state index in [4.69, 9.17) is 23.2 Å². The van der Waals surface area contributed by atoms with Crippen molar-refractivity contribution in [1.82, 2.24) is 0 Å². The van der Waals surface area contributed by atoms with Gasteiger partial charge >= 0.3 is 0 Å². The fourth-order valence-electron chi connectivity index (χ4n) is 6.19. The number of benzene rings is 4. The molecule has 38 heavy (non-hydrogen) atoms. The molecule has 2 aliphatic rings. The topological polar surface area (TPSA) is 0 Å². The summed E-state index contributed by atoms with van der Waals surface area (Å²) in [6.07, 6.45) is 0. The minimum atomic E-state index is -0.706. The van der Waals surface area contributed by atoms with Crippen LogP contribution in [0.1, 0.15) is 58.4 Å². The first-order chi connectivity index (χ1) is 17.8. The molecule has 0 saturated carbocycles. The number of alkyl halides is 2. The van der Waals surface area contributed by atoms with E-state index in [1.807, 2.05) is 0 Å². The van der Waals surface area contributed by atoms with E-state index in [2.05, 4.69) is 125 Å². The molecule has 0 aromatic heterocycles. The Bertz CT molecular complexity index is 1490. The zero-order chi connectivity index (χ0) is 25.9. The summed E-state index contributed by atoms with van der Waals surface area (Å²) in [7, 11) is 0.210. The van der Waals surface area contributed by atoms with Gasteiger partial charge in [-0.05, 0) is 94.5 Å². The molecule has 0 bridgehead atoms. The van der Waals surface area contributed by atoms with Crippen LogP contribution >= 0.6 is 23.2 Å². The number of allylic oxidation sites excluding steroid dienone is 2. The van der Waals surface area contributed by atoms with Crippen LogP contribution in [-0.4, -0.2) is 9.52 Å². The standard InChI is InChI=1S/C34H28Cl2Si.Ti/c1-21-13-11-19-27-29(21)31(25-15-7-5-8-16-25)23(3)33(27,35)37-34(36)24(4)32(26-17-9-6-10-18-26)30-22(2)14-12-20-28(30)34;/h5-20H,1-4H3;. The van der Waals surface area contributed by atoms with Crippen molar-refractivity contribution in [2.45, 2.75) is 36.7 Å². The first kappa shape index (κ1) is 27.4. The summed E-state index contributed by atoms with van der Waals surface area (Å²) in [4.78, 5) is 0. The van der Waals surface area contributed by atoms with Crippen LogP contribution in [0.25, 0.3) is 11.1 Å². The number of hydrogen-bond donors (Lipinski definition) is 0. The number of halogens is 2. The van der Waals surface area contributed by atoms with E-state index in [9.17, 15) is 0 Å². The third-order valence-corrected chi connectivity index (χ3v) is 11.6. The van der Waals surface area contributed by atoms with Crippen molar-refractivity contribution in [2.75, 3.05) is 0 Å². The molecule has 0 fully saturated rings. The second-order valence-electron chi connectivity index (χ2n) is 10.2. The van der Waals surface area contributed by atoms with Gasteiger partial charge in [0.15, 0.2) is 0 Å². The molecule has 4 aromatic carbocycles. The maximum Gasteiger partial charge on any atom is 0.118 e. The number of rotatable bonds is 4. The number of aryl methyl sites for hydroxylation is 2. The van der Waals surface area contributed by atoms with Crippen molar-refractivity contribution in [3.05, 3.63) is 153 Å². The zero-order valence-electron chi connectivity index (χ0n) is 22.0. The van der Waals surface area contributed by atoms with E-state index in [0.717, 1.165) is 0 Å². The molecular formula is C34H28Cl2SiTi. The molecule has 0 heterocycles. The maximum absolute atomic E-state index is 7.85. The van der Waals surface area contributed by atoms with Crippen molar-refractivity contribution < 1.29 is 21.7 Å². The van der Waals surface area contributed by atoms with Crippen LogP contribution in [0.15, 0.2) is 108 Å². The first-order valence-corrected chi connectivity index (χ1v) is 14.4. The van der Waals surface area contributed by atoms with Gasteiger partial charge in [-0.1, -0.05) is 97.1 Å². The molecule has 0 N–H and O–H groups in total. The first-order valence-electron chi connectivity index (χ1n) is 12.7. The van der Waals surface area contributed by atoms with Crippen molar-refractivity contribution in [1.29, 1.82) is 0 Å². The van der Waals surface area contributed by atoms with Gasteiger partial charge in [0.05, 0.1) is 8.99 Å². The van der Waals surface area contributed by atoms with Gasteiger partial charge in [-0.25, -0.2) is 0 Å². The molecule has 2 atom stereocenters. The van der Waals surface area contributed by atoms with Gasteiger partial charge in [0, 0.05) is 21.7 Å². The molecule has 186 valence electrons. The average molecular weight is 583 g/mol. The van der Waals surface area contributed by atoms with Gasteiger partial charge < -0.3 is 0 Å². The van der Waals surface area contributed by atoms with Crippen molar-refractivity contribution >= 4 is 43.9 Å². The maximum atomic E-state index is 7.85. The summed E-state index contributed by atoms with van der Waals surface area (Å²) in [5.41, 5.74) is 14.6. The minimum Gasteiger partial charge on any atom is -0.114 e. The van der Waals surface area contributed by atoms with Gasteiger partial charge in [0.1, 0.15) is 9.52 Å². The van der Waals surface area contributed by atoms with Crippen LogP contribution in [-0.2, 0) is 30.7 Å². The molecule has 0 spiro atoms. The van der Waals surface area contributed by atoms with E-state index in [-0.39, 0.29) is 31.2 Å². The van der Waals surface area contributed by atoms with E-state index in [0.29, 0.717) is 0 Å². The minimum absolute atomic E-state index is 0. The van der Waals surface area contributed by atoms with Crippen LogP contribution in [0.4, 0.5) is 0 Å². The predicted octanol–water partition coefficient (Wildman–Crippen LogP) is 9.16. The fraction of sp³-hybridized carbons (Fsp3) is 0.176.